The first kappa shape index (κ1) is 29.1. The summed E-state index contributed by atoms with van der Waals surface area (Å²) < 4.78 is 29.2. The van der Waals surface area contributed by atoms with Gasteiger partial charge in [0.05, 0.1) is 44.5 Å². The summed E-state index contributed by atoms with van der Waals surface area (Å²) in [5, 5.41) is 0. The number of ether oxygens (including phenoxy) is 5. The Kier molecular flexibility index (Phi) is 9.31. The highest BCUT2D eigenvalue weighted by molar-refractivity contribution is 5.95. The maximum Gasteiger partial charge on any atom is 0.416 e. The third-order valence-corrected chi connectivity index (χ3v) is 7.64. The van der Waals surface area contributed by atoms with Crippen molar-refractivity contribution in [1.82, 2.24) is 4.90 Å². The van der Waals surface area contributed by atoms with Crippen LogP contribution in [-0.4, -0.2) is 61.3 Å². The number of amides is 2. The monoisotopic (exact) mass is 539 g/mol. The zero-order valence-electron chi connectivity index (χ0n) is 23.8. The number of methoxy groups -OCH3 is 1. The average molecular weight is 540 g/mol. The van der Waals surface area contributed by atoms with Crippen LogP contribution in [0.5, 0.6) is 5.75 Å². The van der Waals surface area contributed by atoms with Crippen molar-refractivity contribution in [2.75, 3.05) is 20.3 Å². The van der Waals surface area contributed by atoms with Crippen LogP contribution in [0.1, 0.15) is 45.7 Å². The Bertz CT molecular complexity index is 1100. The molecule has 2 fully saturated rings. The molecule has 8 nitrogen and oxygen atoms in total. The van der Waals surface area contributed by atoms with Crippen molar-refractivity contribution in [2.45, 2.75) is 71.7 Å². The molecule has 212 valence electrons. The highest BCUT2D eigenvalue weighted by Crippen LogP contribution is 2.38. The summed E-state index contributed by atoms with van der Waals surface area (Å²) in [7, 11) is 1.64. The molecule has 8 heteroatoms. The van der Waals surface area contributed by atoms with Gasteiger partial charge in [-0.2, -0.15) is 0 Å². The van der Waals surface area contributed by atoms with Gasteiger partial charge < -0.3 is 23.7 Å². The van der Waals surface area contributed by atoms with E-state index in [0.29, 0.717) is 19.6 Å². The van der Waals surface area contributed by atoms with Crippen molar-refractivity contribution in [3.05, 3.63) is 65.7 Å². The van der Waals surface area contributed by atoms with E-state index in [-0.39, 0.29) is 36.5 Å². The lowest BCUT2D eigenvalue weighted by Gasteiger charge is -2.48. The number of rotatable bonds is 10. The molecule has 0 N–H and O–H groups in total. The Balaban J connectivity index is 1.41. The van der Waals surface area contributed by atoms with Crippen LogP contribution >= 0.6 is 0 Å². The van der Waals surface area contributed by atoms with Gasteiger partial charge in [0, 0.05) is 11.8 Å². The van der Waals surface area contributed by atoms with E-state index in [1.165, 1.54) is 4.90 Å². The summed E-state index contributed by atoms with van der Waals surface area (Å²) in [6, 6.07) is 17.3. The maximum atomic E-state index is 13.7. The van der Waals surface area contributed by atoms with Crippen molar-refractivity contribution >= 4 is 12.0 Å². The third-order valence-electron chi connectivity index (χ3n) is 7.64. The van der Waals surface area contributed by atoms with Gasteiger partial charge in [0.15, 0.2) is 5.79 Å². The lowest BCUT2D eigenvalue weighted by Crippen LogP contribution is -2.57. The van der Waals surface area contributed by atoms with Crippen LogP contribution in [-0.2, 0) is 36.8 Å². The fourth-order valence-electron chi connectivity index (χ4n) is 5.58. The van der Waals surface area contributed by atoms with E-state index in [2.05, 4.69) is 6.92 Å². The van der Waals surface area contributed by atoms with Crippen LogP contribution in [0.15, 0.2) is 54.6 Å². The molecule has 2 amide bonds. The molecule has 6 atom stereocenters. The molecule has 0 aliphatic carbocycles. The fourth-order valence-corrected chi connectivity index (χ4v) is 5.58. The van der Waals surface area contributed by atoms with Gasteiger partial charge in [-0.25, -0.2) is 9.69 Å². The molecular weight excluding hydrogens is 498 g/mol. The molecule has 2 aromatic rings. The summed E-state index contributed by atoms with van der Waals surface area (Å²) in [6.45, 7) is 10.8. The summed E-state index contributed by atoms with van der Waals surface area (Å²) >= 11 is 0. The van der Waals surface area contributed by atoms with Crippen molar-refractivity contribution in [3.63, 3.8) is 0 Å². The van der Waals surface area contributed by atoms with E-state index in [1.54, 1.807) is 7.11 Å². The molecule has 2 aromatic carbocycles. The Hall–Kier alpha value is -2.94. The molecular formula is C31H41NO7. The molecule has 0 radical (unpaired) electrons. The van der Waals surface area contributed by atoms with E-state index >= 15 is 0 Å². The summed E-state index contributed by atoms with van der Waals surface area (Å²) in [5.74, 6) is -0.994. The quantitative estimate of drug-likeness (QED) is 0.409. The van der Waals surface area contributed by atoms with Crippen molar-refractivity contribution in [2.24, 2.45) is 17.8 Å². The topological polar surface area (TPSA) is 83.5 Å². The number of hydrogen-bond acceptors (Lipinski definition) is 7. The van der Waals surface area contributed by atoms with E-state index < -0.39 is 23.9 Å². The molecule has 2 aliphatic rings. The Morgan fingerprint density at radius 3 is 2.36 bits per heavy atom. The minimum absolute atomic E-state index is 0.0498. The van der Waals surface area contributed by atoms with Gasteiger partial charge >= 0.3 is 6.09 Å². The van der Waals surface area contributed by atoms with Gasteiger partial charge in [0.25, 0.3) is 0 Å². The van der Waals surface area contributed by atoms with Crippen LogP contribution in [0.4, 0.5) is 4.79 Å². The van der Waals surface area contributed by atoms with Gasteiger partial charge in [0.1, 0.15) is 12.4 Å². The number of imide groups is 1. The predicted octanol–water partition coefficient (Wildman–Crippen LogP) is 5.23. The van der Waals surface area contributed by atoms with E-state index in [4.69, 9.17) is 23.7 Å². The maximum absolute atomic E-state index is 13.7. The lowest BCUT2D eigenvalue weighted by atomic mass is 9.82. The van der Waals surface area contributed by atoms with Crippen LogP contribution < -0.4 is 4.74 Å². The molecule has 2 heterocycles. The first-order valence-electron chi connectivity index (χ1n) is 13.7. The number of nitrogens with zero attached hydrogens (tertiary/aromatic N) is 1. The van der Waals surface area contributed by atoms with Gasteiger partial charge in [0.2, 0.25) is 5.91 Å². The standard InChI is InChI=1S/C31H41NO7/c1-20(17-36-18-24-12-14-26(35-6)15-13-24)27-21(2)28(39-31(4,5)38-27)22(3)29(33)32-25(19-37-30(32)34)16-23-10-8-7-9-11-23/h7-15,20-22,25,27-28H,16-19H2,1-6H3/t20-,21+,22-,25-,27-,28+/m0/s1. The normalized spacial score (nSPS) is 26.1. The SMILES string of the molecule is COc1ccc(COC[C@H](C)[C@@H]2OC(C)(C)O[C@@H]([C@H](C)C(=O)N3C(=O)OC[C@@H]3Cc3ccccc3)[C@@H]2C)cc1. The van der Waals surface area contributed by atoms with Gasteiger partial charge in [-0.05, 0) is 43.5 Å². The molecule has 2 saturated heterocycles. The van der Waals surface area contributed by atoms with Crippen LogP contribution in [0.25, 0.3) is 0 Å². The molecule has 0 spiro atoms. The van der Waals surface area contributed by atoms with Crippen LogP contribution in [0, 0.1) is 17.8 Å². The van der Waals surface area contributed by atoms with Gasteiger partial charge in [-0.3, -0.25) is 4.79 Å². The number of carbonyl (C=O) groups excluding carboxylic acids is 2. The summed E-state index contributed by atoms with van der Waals surface area (Å²) in [6.07, 6.45) is -0.688. The summed E-state index contributed by atoms with van der Waals surface area (Å²) in [5.41, 5.74) is 2.11. The van der Waals surface area contributed by atoms with Gasteiger partial charge in [-0.15, -0.1) is 0 Å². The Labute approximate surface area is 231 Å². The Morgan fingerprint density at radius 1 is 1.03 bits per heavy atom. The average Bonchev–Trinajstić information content (AvgIpc) is 3.29. The fraction of sp³-hybridized carbons (Fsp3) is 0.548. The smallest absolute Gasteiger partial charge is 0.416 e. The van der Waals surface area contributed by atoms with E-state index in [0.717, 1.165) is 16.9 Å². The first-order chi connectivity index (χ1) is 18.6. The predicted molar refractivity (Wildman–Crippen MR) is 146 cm³/mol. The molecule has 2 aliphatic heterocycles. The molecule has 4 rings (SSSR count). The molecule has 39 heavy (non-hydrogen) atoms. The number of carbonyl (C=O) groups is 2. The second-order valence-electron chi connectivity index (χ2n) is 11.2. The number of cyclic esters (lactones) is 1. The number of benzene rings is 2. The third kappa shape index (κ3) is 6.99. The highest BCUT2D eigenvalue weighted by Gasteiger charge is 2.49. The number of hydrogen-bond donors (Lipinski definition) is 0. The van der Waals surface area contributed by atoms with Crippen LogP contribution in [0.3, 0.4) is 0 Å². The van der Waals surface area contributed by atoms with E-state index in [9.17, 15) is 9.59 Å². The molecule has 0 saturated carbocycles. The summed E-state index contributed by atoms with van der Waals surface area (Å²) in [4.78, 5) is 27.7. The van der Waals surface area contributed by atoms with Crippen molar-refractivity contribution in [3.8, 4) is 5.75 Å². The van der Waals surface area contributed by atoms with E-state index in [1.807, 2.05) is 82.3 Å². The van der Waals surface area contributed by atoms with Crippen LogP contribution in [0.2, 0.25) is 0 Å². The highest BCUT2D eigenvalue weighted by atomic mass is 16.7. The lowest BCUT2D eigenvalue weighted by molar-refractivity contribution is -0.334. The molecule has 0 bridgehead atoms. The zero-order valence-corrected chi connectivity index (χ0v) is 23.8. The minimum Gasteiger partial charge on any atom is -0.497 e. The molecule has 0 aromatic heterocycles. The first-order valence-corrected chi connectivity index (χ1v) is 13.7. The molecule has 0 unspecified atom stereocenters. The zero-order chi connectivity index (χ0) is 28.2. The second-order valence-corrected chi connectivity index (χ2v) is 11.2. The van der Waals surface area contributed by atoms with Gasteiger partial charge in [-0.1, -0.05) is 63.2 Å². The second kappa shape index (κ2) is 12.5. The van der Waals surface area contributed by atoms with Crippen molar-refractivity contribution in [1.29, 1.82) is 0 Å². The Morgan fingerprint density at radius 2 is 1.69 bits per heavy atom. The minimum atomic E-state index is -0.893. The van der Waals surface area contributed by atoms with Crippen molar-refractivity contribution < 1.29 is 33.3 Å². The largest absolute Gasteiger partial charge is 0.497 e.